The molecule has 3 heteroatoms. The Morgan fingerprint density at radius 2 is 2.10 bits per heavy atom. The third kappa shape index (κ3) is 4.40. The molecule has 3 nitrogen and oxygen atoms in total. The van der Waals surface area contributed by atoms with Crippen molar-refractivity contribution in [2.24, 2.45) is 0 Å². The fraction of sp³-hybridized carbons (Fsp3) is 0.471. The Labute approximate surface area is 121 Å². The minimum Gasteiger partial charge on any atom is -0.384 e. The van der Waals surface area contributed by atoms with Crippen molar-refractivity contribution >= 4 is 5.91 Å². The van der Waals surface area contributed by atoms with Crippen molar-refractivity contribution in [2.45, 2.75) is 33.6 Å². The molecule has 0 radical (unpaired) electrons. The molecule has 0 aliphatic carbocycles. The molecule has 1 amide bonds. The van der Waals surface area contributed by atoms with E-state index in [9.17, 15) is 4.79 Å². The van der Waals surface area contributed by atoms with Crippen molar-refractivity contribution in [1.29, 1.82) is 0 Å². The summed E-state index contributed by atoms with van der Waals surface area (Å²) in [6.45, 7) is 7.33. The number of aliphatic hydroxyl groups excluding tert-OH is 1. The Morgan fingerprint density at radius 3 is 2.70 bits per heavy atom. The van der Waals surface area contributed by atoms with Gasteiger partial charge in [-0.15, -0.1) is 0 Å². The van der Waals surface area contributed by atoms with Crippen LogP contribution in [-0.2, 0) is 0 Å². The lowest BCUT2D eigenvalue weighted by atomic mass is 10.0. The molecule has 0 saturated heterocycles. The van der Waals surface area contributed by atoms with E-state index in [1.165, 1.54) is 0 Å². The zero-order valence-corrected chi connectivity index (χ0v) is 12.6. The molecule has 0 aliphatic heterocycles. The lowest BCUT2D eigenvalue weighted by molar-refractivity contribution is 0.0762. The summed E-state index contributed by atoms with van der Waals surface area (Å²) >= 11 is 0. The minimum atomic E-state index is -0.200. The standard InChI is InChI=1S/C17H23NO2/c1-4-6-11-18(5-2)17(20)16-13-14(3)9-10-15(16)8-7-12-19/h9-10,13,19H,4-6,11-12H2,1-3H3. The van der Waals surface area contributed by atoms with Crippen LogP contribution >= 0.6 is 0 Å². The lowest BCUT2D eigenvalue weighted by Crippen LogP contribution is -2.32. The number of hydrogen-bond donors (Lipinski definition) is 1. The maximum Gasteiger partial charge on any atom is 0.255 e. The van der Waals surface area contributed by atoms with E-state index in [1.807, 2.05) is 36.9 Å². The molecule has 0 saturated carbocycles. The maximum absolute atomic E-state index is 12.6. The molecular weight excluding hydrogens is 250 g/mol. The van der Waals surface area contributed by atoms with E-state index in [2.05, 4.69) is 18.8 Å². The highest BCUT2D eigenvalue weighted by Crippen LogP contribution is 2.14. The van der Waals surface area contributed by atoms with Gasteiger partial charge in [-0.2, -0.15) is 0 Å². The number of amides is 1. The number of rotatable bonds is 5. The van der Waals surface area contributed by atoms with E-state index >= 15 is 0 Å². The van der Waals surface area contributed by atoms with Crippen LogP contribution in [0.25, 0.3) is 0 Å². The second-order valence-electron chi connectivity index (χ2n) is 4.75. The van der Waals surface area contributed by atoms with Crippen molar-refractivity contribution in [2.75, 3.05) is 19.7 Å². The number of hydrogen-bond acceptors (Lipinski definition) is 2. The maximum atomic E-state index is 12.6. The van der Waals surface area contributed by atoms with Crippen LogP contribution in [0.5, 0.6) is 0 Å². The summed E-state index contributed by atoms with van der Waals surface area (Å²) in [4.78, 5) is 14.5. The van der Waals surface area contributed by atoms with E-state index in [0.29, 0.717) is 17.7 Å². The topological polar surface area (TPSA) is 40.5 Å². The van der Waals surface area contributed by atoms with Crippen molar-refractivity contribution in [3.8, 4) is 11.8 Å². The van der Waals surface area contributed by atoms with Gasteiger partial charge >= 0.3 is 0 Å². The Kier molecular flexibility index (Phi) is 6.83. The molecular formula is C17H23NO2. The van der Waals surface area contributed by atoms with E-state index in [-0.39, 0.29) is 12.5 Å². The van der Waals surface area contributed by atoms with Crippen LogP contribution < -0.4 is 0 Å². The monoisotopic (exact) mass is 273 g/mol. The highest BCUT2D eigenvalue weighted by molar-refractivity contribution is 5.97. The number of aliphatic hydroxyl groups is 1. The van der Waals surface area contributed by atoms with Crippen LogP contribution in [0.2, 0.25) is 0 Å². The number of carbonyl (C=O) groups excluding carboxylic acids is 1. The number of unbranched alkanes of at least 4 members (excludes halogenated alkanes) is 1. The molecule has 1 N–H and O–H groups in total. The molecule has 0 unspecified atom stereocenters. The number of benzene rings is 1. The van der Waals surface area contributed by atoms with Gasteiger partial charge in [-0.25, -0.2) is 0 Å². The molecule has 0 aliphatic rings. The highest BCUT2D eigenvalue weighted by atomic mass is 16.2. The van der Waals surface area contributed by atoms with Crippen LogP contribution in [0, 0.1) is 18.8 Å². The summed E-state index contributed by atoms with van der Waals surface area (Å²) in [6, 6.07) is 5.65. The molecule has 0 fully saturated rings. The lowest BCUT2D eigenvalue weighted by Gasteiger charge is -2.21. The summed E-state index contributed by atoms with van der Waals surface area (Å²) < 4.78 is 0. The van der Waals surface area contributed by atoms with Gasteiger partial charge < -0.3 is 10.0 Å². The average molecular weight is 273 g/mol. The van der Waals surface area contributed by atoms with Gasteiger partial charge in [0.2, 0.25) is 0 Å². The van der Waals surface area contributed by atoms with Crippen LogP contribution in [0.3, 0.4) is 0 Å². The Balaban J connectivity index is 3.08. The summed E-state index contributed by atoms with van der Waals surface area (Å²) in [5.41, 5.74) is 2.35. The number of nitrogens with zero attached hydrogens (tertiary/aromatic N) is 1. The molecule has 0 aromatic heterocycles. The highest BCUT2D eigenvalue weighted by Gasteiger charge is 2.16. The van der Waals surface area contributed by atoms with Crippen LogP contribution in [0.1, 0.15) is 48.2 Å². The average Bonchev–Trinajstić information content (AvgIpc) is 2.46. The first kappa shape index (κ1) is 16.3. The zero-order valence-electron chi connectivity index (χ0n) is 12.6. The third-order valence-corrected chi connectivity index (χ3v) is 3.16. The first-order valence-corrected chi connectivity index (χ1v) is 7.13. The molecule has 20 heavy (non-hydrogen) atoms. The first-order chi connectivity index (χ1) is 9.63. The van der Waals surface area contributed by atoms with Crippen molar-refractivity contribution in [1.82, 2.24) is 4.90 Å². The Hall–Kier alpha value is -1.79. The van der Waals surface area contributed by atoms with Gasteiger partial charge in [-0.05, 0) is 32.4 Å². The van der Waals surface area contributed by atoms with Gasteiger partial charge in [-0.1, -0.05) is 36.8 Å². The molecule has 0 atom stereocenters. The second-order valence-corrected chi connectivity index (χ2v) is 4.75. The van der Waals surface area contributed by atoms with E-state index < -0.39 is 0 Å². The van der Waals surface area contributed by atoms with Crippen LogP contribution in [0.4, 0.5) is 0 Å². The zero-order chi connectivity index (χ0) is 15.0. The second kappa shape index (κ2) is 8.39. The number of aryl methyl sites for hydroxylation is 1. The van der Waals surface area contributed by atoms with Gasteiger partial charge in [0.15, 0.2) is 0 Å². The van der Waals surface area contributed by atoms with Crippen LogP contribution in [0.15, 0.2) is 18.2 Å². The molecule has 1 aromatic rings. The van der Waals surface area contributed by atoms with Gasteiger partial charge in [0.25, 0.3) is 5.91 Å². The third-order valence-electron chi connectivity index (χ3n) is 3.16. The van der Waals surface area contributed by atoms with Crippen molar-refractivity contribution in [3.05, 3.63) is 34.9 Å². The normalized spacial score (nSPS) is 9.80. The van der Waals surface area contributed by atoms with Crippen molar-refractivity contribution in [3.63, 3.8) is 0 Å². The van der Waals surface area contributed by atoms with Gasteiger partial charge in [-0.3, -0.25) is 4.79 Å². The first-order valence-electron chi connectivity index (χ1n) is 7.13. The van der Waals surface area contributed by atoms with E-state index in [4.69, 9.17) is 5.11 Å². The van der Waals surface area contributed by atoms with Gasteiger partial charge in [0.1, 0.15) is 6.61 Å². The predicted octanol–water partition coefficient (Wildman–Crippen LogP) is 2.60. The van der Waals surface area contributed by atoms with E-state index in [0.717, 1.165) is 24.9 Å². The van der Waals surface area contributed by atoms with E-state index in [1.54, 1.807) is 0 Å². The van der Waals surface area contributed by atoms with Gasteiger partial charge in [0.05, 0.1) is 5.56 Å². The molecule has 0 spiro atoms. The molecule has 0 heterocycles. The van der Waals surface area contributed by atoms with Crippen LogP contribution in [-0.4, -0.2) is 35.6 Å². The largest absolute Gasteiger partial charge is 0.384 e. The summed E-state index contributed by atoms with van der Waals surface area (Å²) in [7, 11) is 0. The molecule has 108 valence electrons. The Morgan fingerprint density at radius 1 is 1.35 bits per heavy atom. The summed E-state index contributed by atoms with van der Waals surface area (Å²) in [5, 5.41) is 8.81. The molecule has 1 rings (SSSR count). The minimum absolute atomic E-state index is 0.0203. The molecule has 1 aromatic carbocycles. The summed E-state index contributed by atoms with van der Waals surface area (Å²) in [5.74, 6) is 5.49. The van der Waals surface area contributed by atoms with Crippen molar-refractivity contribution < 1.29 is 9.90 Å². The quantitative estimate of drug-likeness (QED) is 0.838. The summed E-state index contributed by atoms with van der Waals surface area (Å²) in [6.07, 6.45) is 2.07. The fourth-order valence-electron chi connectivity index (χ4n) is 2.00. The Bertz CT molecular complexity index is 511. The molecule has 0 bridgehead atoms. The number of carbonyl (C=O) groups is 1. The SMILES string of the molecule is CCCCN(CC)C(=O)c1cc(C)ccc1C#CCO. The smallest absolute Gasteiger partial charge is 0.255 e. The fourth-order valence-corrected chi connectivity index (χ4v) is 2.00. The predicted molar refractivity (Wildman–Crippen MR) is 81.6 cm³/mol. The van der Waals surface area contributed by atoms with Gasteiger partial charge in [0, 0.05) is 18.7 Å².